The number of hydrogen-bond acceptors (Lipinski definition) is 6. The standard InChI is InChI=1S/C13H8Cl2N8/c14-9-6-18-23(7-9)12-2-1-10(3-11(12)15)17-5-8(4-16)13-19-21-22-20-13/h1-3,5-7,17H,(H,19,20,21,22). The Morgan fingerprint density at radius 2 is 2.26 bits per heavy atom. The summed E-state index contributed by atoms with van der Waals surface area (Å²) in [6.07, 6.45) is 4.65. The highest BCUT2D eigenvalue weighted by Gasteiger charge is 2.07. The van der Waals surface area contributed by atoms with E-state index in [1.807, 2.05) is 6.07 Å². The molecule has 23 heavy (non-hydrogen) atoms. The number of H-pyrrole nitrogens is 1. The number of rotatable bonds is 4. The molecule has 0 fully saturated rings. The van der Waals surface area contributed by atoms with E-state index in [2.05, 4.69) is 31.0 Å². The summed E-state index contributed by atoms with van der Waals surface area (Å²) in [6, 6.07) is 7.25. The third-order valence-corrected chi connectivity index (χ3v) is 3.33. The van der Waals surface area contributed by atoms with Gasteiger partial charge in [0.2, 0.25) is 5.82 Å². The van der Waals surface area contributed by atoms with Crippen LogP contribution in [0.5, 0.6) is 0 Å². The smallest absolute Gasteiger partial charge is 0.216 e. The predicted octanol–water partition coefficient (Wildman–Crippen LogP) is 2.67. The molecular weight excluding hydrogens is 339 g/mol. The first-order valence-electron chi connectivity index (χ1n) is 6.28. The Labute approximate surface area is 140 Å². The van der Waals surface area contributed by atoms with E-state index in [1.165, 1.54) is 12.4 Å². The van der Waals surface area contributed by atoms with Gasteiger partial charge < -0.3 is 5.32 Å². The molecule has 1 aromatic carbocycles. The molecule has 0 aliphatic heterocycles. The maximum absolute atomic E-state index is 9.10. The Hall–Kier alpha value is -2.89. The molecule has 0 unspecified atom stereocenters. The lowest BCUT2D eigenvalue weighted by Gasteiger charge is -2.07. The Bertz CT molecular complexity index is 891. The summed E-state index contributed by atoms with van der Waals surface area (Å²) in [7, 11) is 0. The third-order valence-electron chi connectivity index (χ3n) is 2.84. The van der Waals surface area contributed by atoms with E-state index in [4.69, 9.17) is 28.5 Å². The summed E-state index contributed by atoms with van der Waals surface area (Å²) in [6.45, 7) is 0. The maximum Gasteiger partial charge on any atom is 0.216 e. The normalized spacial score (nSPS) is 11.3. The van der Waals surface area contributed by atoms with Crippen molar-refractivity contribution in [1.82, 2.24) is 30.4 Å². The van der Waals surface area contributed by atoms with E-state index in [0.29, 0.717) is 21.4 Å². The number of aromatic amines is 1. The Balaban J connectivity index is 1.82. The summed E-state index contributed by atoms with van der Waals surface area (Å²) >= 11 is 12.1. The molecule has 0 amide bonds. The van der Waals surface area contributed by atoms with Crippen molar-refractivity contribution in [2.75, 3.05) is 5.32 Å². The molecule has 0 aliphatic carbocycles. The number of aromatic nitrogens is 6. The first-order valence-corrected chi connectivity index (χ1v) is 7.03. The fourth-order valence-electron chi connectivity index (χ4n) is 1.79. The number of halogens is 2. The fraction of sp³-hybridized carbons (Fsp3) is 0. The number of anilines is 1. The molecule has 0 saturated carbocycles. The van der Waals surface area contributed by atoms with Gasteiger partial charge in [-0.2, -0.15) is 15.6 Å². The molecule has 0 bridgehead atoms. The largest absolute Gasteiger partial charge is 0.360 e. The summed E-state index contributed by atoms with van der Waals surface area (Å²) in [5.74, 6) is 0.203. The van der Waals surface area contributed by atoms with Crippen molar-refractivity contribution in [2.45, 2.75) is 0 Å². The zero-order valence-electron chi connectivity index (χ0n) is 11.4. The molecule has 0 spiro atoms. The average Bonchev–Trinajstić information content (AvgIpc) is 3.20. The zero-order chi connectivity index (χ0) is 16.2. The predicted molar refractivity (Wildman–Crippen MR) is 85.0 cm³/mol. The van der Waals surface area contributed by atoms with E-state index in [1.54, 1.807) is 29.1 Å². The van der Waals surface area contributed by atoms with Gasteiger partial charge in [0.25, 0.3) is 0 Å². The lowest BCUT2D eigenvalue weighted by Crippen LogP contribution is -1.97. The number of allylic oxidation sites excluding steroid dienone is 1. The second-order valence-electron chi connectivity index (χ2n) is 4.32. The van der Waals surface area contributed by atoms with Gasteiger partial charge in [-0.15, -0.1) is 10.2 Å². The highest BCUT2D eigenvalue weighted by atomic mass is 35.5. The van der Waals surface area contributed by atoms with Gasteiger partial charge in [-0.1, -0.05) is 23.2 Å². The molecule has 3 rings (SSSR count). The molecular formula is C13H8Cl2N8. The topological polar surface area (TPSA) is 108 Å². The molecule has 0 atom stereocenters. The van der Waals surface area contributed by atoms with Gasteiger partial charge in [-0.3, -0.25) is 0 Å². The zero-order valence-corrected chi connectivity index (χ0v) is 12.9. The number of nitrogens with one attached hydrogen (secondary N) is 2. The molecule has 0 radical (unpaired) electrons. The van der Waals surface area contributed by atoms with Crippen LogP contribution in [0, 0.1) is 11.3 Å². The minimum absolute atomic E-state index is 0.203. The lowest BCUT2D eigenvalue weighted by molar-refractivity contribution is 0.881. The average molecular weight is 347 g/mol. The van der Waals surface area contributed by atoms with Crippen molar-refractivity contribution in [3.8, 4) is 11.8 Å². The molecule has 2 aromatic heterocycles. The number of benzene rings is 1. The highest BCUT2D eigenvalue weighted by molar-refractivity contribution is 6.33. The minimum Gasteiger partial charge on any atom is -0.360 e. The Morgan fingerprint density at radius 3 is 2.87 bits per heavy atom. The molecule has 10 heteroatoms. The number of nitrogens with zero attached hydrogens (tertiary/aromatic N) is 6. The van der Waals surface area contributed by atoms with Gasteiger partial charge in [-0.25, -0.2) is 4.68 Å². The molecule has 0 aliphatic rings. The van der Waals surface area contributed by atoms with Crippen LogP contribution < -0.4 is 5.32 Å². The molecule has 3 aromatic rings. The summed E-state index contributed by atoms with van der Waals surface area (Å²) < 4.78 is 1.57. The van der Waals surface area contributed by atoms with Crippen LogP contribution in [0.1, 0.15) is 5.82 Å². The summed E-state index contributed by atoms with van der Waals surface area (Å²) in [4.78, 5) is 0. The van der Waals surface area contributed by atoms with Crippen LogP contribution in [0.2, 0.25) is 10.0 Å². The van der Waals surface area contributed by atoms with Crippen LogP contribution in [0.15, 0.2) is 36.8 Å². The van der Waals surface area contributed by atoms with Crippen LogP contribution in [0.3, 0.4) is 0 Å². The quantitative estimate of drug-likeness (QED) is 0.703. The van der Waals surface area contributed by atoms with Crippen LogP contribution in [-0.4, -0.2) is 30.4 Å². The molecule has 2 N–H and O–H groups in total. The monoisotopic (exact) mass is 346 g/mol. The Kier molecular flexibility index (Phi) is 4.23. The lowest BCUT2D eigenvalue weighted by atomic mass is 10.2. The SMILES string of the molecule is N#CC(=CNc1ccc(-n2cc(Cl)cn2)c(Cl)c1)c1nn[nH]n1. The molecule has 8 nitrogen and oxygen atoms in total. The number of hydrogen-bond donors (Lipinski definition) is 2. The van der Waals surface area contributed by atoms with Crippen molar-refractivity contribution in [2.24, 2.45) is 0 Å². The third kappa shape index (κ3) is 3.31. The second kappa shape index (κ2) is 6.48. The van der Waals surface area contributed by atoms with Gasteiger partial charge in [0.15, 0.2) is 0 Å². The van der Waals surface area contributed by atoms with E-state index in [9.17, 15) is 0 Å². The van der Waals surface area contributed by atoms with Gasteiger partial charge in [-0.05, 0) is 23.4 Å². The number of nitriles is 1. The van der Waals surface area contributed by atoms with Crippen molar-refractivity contribution >= 4 is 34.5 Å². The molecule has 114 valence electrons. The van der Waals surface area contributed by atoms with Crippen molar-refractivity contribution in [3.05, 3.63) is 52.7 Å². The van der Waals surface area contributed by atoms with E-state index in [-0.39, 0.29) is 11.4 Å². The first-order chi connectivity index (χ1) is 11.2. The number of tetrazole rings is 1. The van der Waals surface area contributed by atoms with E-state index < -0.39 is 0 Å². The first kappa shape index (κ1) is 15.0. The van der Waals surface area contributed by atoms with Crippen molar-refractivity contribution in [3.63, 3.8) is 0 Å². The van der Waals surface area contributed by atoms with Crippen LogP contribution in [-0.2, 0) is 0 Å². The van der Waals surface area contributed by atoms with E-state index >= 15 is 0 Å². The van der Waals surface area contributed by atoms with Crippen LogP contribution >= 0.6 is 23.2 Å². The minimum atomic E-state index is 0.203. The summed E-state index contributed by atoms with van der Waals surface area (Å²) in [5, 5.41) is 30.3. The molecule has 2 heterocycles. The maximum atomic E-state index is 9.10. The molecule has 0 saturated heterocycles. The fourth-order valence-corrected chi connectivity index (χ4v) is 2.20. The van der Waals surface area contributed by atoms with E-state index in [0.717, 1.165) is 0 Å². The van der Waals surface area contributed by atoms with Gasteiger partial charge in [0, 0.05) is 18.1 Å². The van der Waals surface area contributed by atoms with Crippen LogP contribution in [0.4, 0.5) is 5.69 Å². The Morgan fingerprint density at radius 1 is 1.39 bits per heavy atom. The van der Waals surface area contributed by atoms with Crippen molar-refractivity contribution in [1.29, 1.82) is 5.26 Å². The van der Waals surface area contributed by atoms with Gasteiger partial charge >= 0.3 is 0 Å². The van der Waals surface area contributed by atoms with Gasteiger partial charge in [0.1, 0.15) is 11.6 Å². The highest BCUT2D eigenvalue weighted by Crippen LogP contribution is 2.25. The van der Waals surface area contributed by atoms with Crippen LogP contribution in [0.25, 0.3) is 11.3 Å². The second-order valence-corrected chi connectivity index (χ2v) is 5.16. The van der Waals surface area contributed by atoms with Gasteiger partial charge in [0.05, 0.1) is 21.9 Å². The van der Waals surface area contributed by atoms with Crippen molar-refractivity contribution < 1.29 is 0 Å². The summed E-state index contributed by atoms with van der Waals surface area (Å²) in [5.41, 5.74) is 1.61.